The van der Waals surface area contributed by atoms with Gasteiger partial charge in [0.1, 0.15) is 5.82 Å². The molecule has 0 fully saturated rings. The van der Waals surface area contributed by atoms with Crippen molar-refractivity contribution in [1.29, 1.82) is 5.26 Å². The van der Waals surface area contributed by atoms with Gasteiger partial charge >= 0.3 is 0 Å². The lowest BCUT2D eigenvalue weighted by Crippen LogP contribution is -2.35. The molecule has 0 unspecified atom stereocenters. The molecule has 0 radical (unpaired) electrons. The number of carbonyl (C=O) groups excluding carboxylic acids is 1. The Morgan fingerprint density at radius 2 is 2.26 bits per heavy atom. The summed E-state index contributed by atoms with van der Waals surface area (Å²) in [6.45, 7) is 3.12. The molecular weight excluding hydrogens is 245 g/mol. The third-order valence-corrected chi connectivity index (χ3v) is 2.60. The molecule has 1 N–H and O–H groups in total. The van der Waals surface area contributed by atoms with Gasteiger partial charge in [-0.1, -0.05) is 6.92 Å². The maximum atomic E-state index is 13.6. The van der Waals surface area contributed by atoms with E-state index in [9.17, 15) is 9.18 Å². The maximum Gasteiger partial charge on any atom is 0.234 e. The first kappa shape index (κ1) is 15.1. The number of benzene rings is 1. The van der Waals surface area contributed by atoms with Crippen LogP contribution in [0.2, 0.25) is 0 Å². The molecule has 4 nitrogen and oxygen atoms in total. The second-order valence-electron chi connectivity index (χ2n) is 4.44. The molecule has 0 aromatic heterocycles. The van der Waals surface area contributed by atoms with Crippen LogP contribution in [0.4, 0.5) is 4.39 Å². The molecule has 0 heterocycles. The van der Waals surface area contributed by atoms with Crippen LogP contribution < -0.4 is 5.32 Å². The molecule has 0 spiro atoms. The summed E-state index contributed by atoms with van der Waals surface area (Å²) in [5.74, 6) is -0.444. The number of nitrogens with zero attached hydrogens (tertiary/aromatic N) is 2. The van der Waals surface area contributed by atoms with Crippen LogP contribution in [0.5, 0.6) is 0 Å². The summed E-state index contributed by atoms with van der Waals surface area (Å²) in [5, 5.41) is 11.5. The molecule has 0 bridgehead atoms. The van der Waals surface area contributed by atoms with Crippen LogP contribution in [0.25, 0.3) is 0 Å². The van der Waals surface area contributed by atoms with E-state index in [1.807, 2.05) is 13.0 Å². The maximum absolute atomic E-state index is 13.6. The number of hydrogen-bond acceptors (Lipinski definition) is 3. The average molecular weight is 263 g/mol. The zero-order valence-electron chi connectivity index (χ0n) is 11.2. The Balaban J connectivity index is 2.59. The van der Waals surface area contributed by atoms with Gasteiger partial charge < -0.3 is 5.32 Å². The largest absolute Gasteiger partial charge is 0.355 e. The molecule has 102 valence electrons. The molecule has 0 atom stereocenters. The highest BCUT2D eigenvalue weighted by molar-refractivity contribution is 5.77. The van der Waals surface area contributed by atoms with Crippen molar-refractivity contribution in [2.24, 2.45) is 0 Å². The fourth-order valence-corrected chi connectivity index (χ4v) is 1.68. The summed E-state index contributed by atoms with van der Waals surface area (Å²) in [4.78, 5) is 13.2. The number of rotatable bonds is 6. The van der Waals surface area contributed by atoms with Gasteiger partial charge in [-0.2, -0.15) is 5.26 Å². The Kier molecular flexibility index (Phi) is 5.97. The third kappa shape index (κ3) is 5.06. The average Bonchev–Trinajstić information content (AvgIpc) is 2.38. The molecule has 1 aromatic rings. The SMILES string of the molecule is CCCNC(=O)CN(C)Cc1cc(C#N)ccc1F. The standard InChI is InChI=1S/C14H18FN3O/c1-3-6-17-14(19)10-18(2)9-12-7-11(8-16)4-5-13(12)15/h4-5,7H,3,6,9-10H2,1-2H3,(H,17,19). The summed E-state index contributed by atoms with van der Waals surface area (Å²) in [6, 6.07) is 6.20. The lowest BCUT2D eigenvalue weighted by Gasteiger charge is -2.16. The van der Waals surface area contributed by atoms with E-state index < -0.39 is 0 Å². The molecule has 1 amide bonds. The van der Waals surface area contributed by atoms with Gasteiger partial charge in [-0.3, -0.25) is 9.69 Å². The molecule has 0 aliphatic carbocycles. The number of nitrogens with one attached hydrogen (secondary N) is 1. The summed E-state index contributed by atoms with van der Waals surface area (Å²) in [5.41, 5.74) is 0.838. The first-order chi connectivity index (χ1) is 9.06. The lowest BCUT2D eigenvalue weighted by molar-refractivity contribution is -0.122. The van der Waals surface area contributed by atoms with E-state index >= 15 is 0 Å². The molecule has 0 aliphatic rings. The number of hydrogen-bond donors (Lipinski definition) is 1. The summed E-state index contributed by atoms with van der Waals surface area (Å²) in [7, 11) is 1.74. The minimum Gasteiger partial charge on any atom is -0.355 e. The molecule has 1 rings (SSSR count). The van der Waals surface area contributed by atoms with Crippen LogP contribution in [0.3, 0.4) is 0 Å². The molecule has 1 aromatic carbocycles. The quantitative estimate of drug-likeness (QED) is 0.849. The fourth-order valence-electron chi connectivity index (χ4n) is 1.68. The van der Waals surface area contributed by atoms with E-state index in [0.717, 1.165) is 6.42 Å². The van der Waals surface area contributed by atoms with Crippen molar-refractivity contribution in [2.75, 3.05) is 20.1 Å². The van der Waals surface area contributed by atoms with E-state index in [1.165, 1.54) is 18.2 Å². The van der Waals surface area contributed by atoms with Crippen molar-refractivity contribution in [3.05, 3.63) is 35.1 Å². The number of likely N-dealkylation sites (N-methyl/N-ethyl adjacent to an activating group) is 1. The van der Waals surface area contributed by atoms with Gasteiger partial charge in [-0.05, 0) is 31.7 Å². The van der Waals surface area contributed by atoms with Gasteiger partial charge in [-0.25, -0.2) is 4.39 Å². The van der Waals surface area contributed by atoms with Crippen molar-refractivity contribution in [3.8, 4) is 6.07 Å². The van der Waals surface area contributed by atoms with Crippen molar-refractivity contribution in [2.45, 2.75) is 19.9 Å². The summed E-state index contributed by atoms with van der Waals surface area (Å²) >= 11 is 0. The number of halogens is 1. The van der Waals surface area contributed by atoms with Gasteiger partial charge in [0.25, 0.3) is 0 Å². The van der Waals surface area contributed by atoms with Gasteiger partial charge in [0.2, 0.25) is 5.91 Å². The first-order valence-corrected chi connectivity index (χ1v) is 6.20. The number of nitriles is 1. The molecule has 0 saturated heterocycles. The molecular formula is C14H18FN3O. The number of carbonyl (C=O) groups is 1. The minimum absolute atomic E-state index is 0.0822. The minimum atomic E-state index is -0.361. The van der Waals surface area contributed by atoms with Crippen LogP contribution in [0.15, 0.2) is 18.2 Å². The summed E-state index contributed by atoms with van der Waals surface area (Å²) < 4.78 is 13.6. The van der Waals surface area contributed by atoms with Gasteiger partial charge in [0.05, 0.1) is 18.2 Å². The second-order valence-corrected chi connectivity index (χ2v) is 4.44. The fraction of sp³-hybridized carbons (Fsp3) is 0.429. The summed E-state index contributed by atoms with van der Waals surface area (Å²) in [6.07, 6.45) is 0.883. The van der Waals surface area contributed by atoms with Crippen molar-refractivity contribution in [1.82, 2.24) is 10.2 Å². The van der Waals surface area contributed by atoms with Crippen LogP contribution in [-0.2, 0) is 11.3 Å². The van der Waals surface area contributed by atoms with Gasteiger partial charge in [0, 0.05) is 18.7 Å². The van der Waals surface area contributed by atoms with Crippen LogP contribution >= 0.6 is 0 Å². The highest BCUT2D eigenvalue weighted by Crippen LogP contribution is 2.12. The van der Waals surface area contributed by atoms with E-state index in [4.69, 9.17) is 5.26 Å². The Morgan fingerprint density at radius 1 is 1.53 bits per heavy atom. The molecule has 0 aliphatic heterocycles. The Bertz CT molecular complexity index is 482. The highest BCUT2D eigenvalue weighted by Gasteiger charge is 2.10. The Labute approximate surface area is 112 Å². The van der Waals surface area contributed by atoms with E-state index in [-0.39, 0.29) is 18.3 Å². The zero-order chi connectivity index (χ0) is 14.3. The van der Waals surface area contributed by atoms with Gasteiger partial charge in [-0.15, -0.1) is 0 Å². The monoisotopic (exact) mass is 263 g/mol. The van der Waals surface area contributed by atoms with E-state index in [1.54, 1.807) is 11.9 Å². The topological polar surface area (TPSA) is 56.1 Å². The van der Waals surface area contributed by atoms with Crippen LogP contribution in [-0.4, -0.2) is 30.9 Å². The predicted molar refractivity (Wildman–Crippen MR) is 70.7 cm³/mol. The van der Waals surface area contributed by atoms with Crippen LogP contribution in [0.1, 0.15) is 24.5 Å². The molecule has 5 heteroatoms. The van der Waals surface area contributed by atoms with E-state index in [0.29, 0.717) is 24.2 Å². The van der Waals surface area contributed by atoms with Crippen molar-refractivity contribution < 1.29 is 9.18 Å². The Morgan fingerprint density at radius 3 is 2.89 bits per heavy atom. The third-order valence-electron chi connectivity index (χ3n) is 2.60. The van der Waals surface area contributed by atoms with E-state index in [2.05, 4.69) is 5.32 Å². The highest BCUT2D eigenvalue weighted by atomic mass is 19.1. The smallest absolute Gasteiger partial charge is 0.234 e. The number of amides is 1. The molecule has 0 saturated carbocycles. The molecule has 19 heavy (non-hydrogen) atoms. The first-order valence-electron chi connectivity index (χ1n) is 6.20. The van der Waals surface area contributed by atoms with Gasteiger partial charge in [0.15, 0.2) is 0 Å². The van der Waals surface area contributed by atoms with Crippen LogP contribution in [0, 0.1) is 17.1 Å². The second kappa shape index (κ2) is 7.49. The van der Waals surface area contributed by atoms with Crippen molar-refractivity contribution in [3.63, 3.8) is 0 Å². The zero-order valence-corrected chi connectivity index (χ0v) is 11.2. The lowest BCUT2D eigenvalue weighted by atomic mass is 10.1. The Hall–Kier alpha value is -1.93. The normalized spacial score (nSPS) is 10.3. The van der Waals surface area contributed by atoms with Crippen molar-refractivity contribution >= 4 is 5.91 Å². The predicted octanol–water partition coefficient (Wildman–Crippen LogP) is 1.66.